The fourth-order valence-electron chi connectivity index (χ4n) is 2.24. The summed E-state index contributed by atoms with van der Waals surface area (Å²) in [6.07, 6.45) is 4.23. The highest BCUT2D eigenvalue weighted by molar-refractivity contribution is 5.94. The van der Waals surface area contributed by atoms with Crippen molar-refractivity contribution < 1.29 is 9.90 Å². The predicted octanol–water partition coefficient (Wildman–Crippen LogP) is 0.263. The van der Waals surface area contributed by atoms with Gasteiger partial charge < -0.3 is 10.0 Å². The van der Waals surface area contributed by atoms with Gasteiger partial charge in [0.25, 0.3) is 5.91 Å². The second-order valence-electron chi connectivity index (χ2n) is 4.42. The zero-order valence-electron chi connectivity index (χ0n) is 9.63. The Morgan fingerprint density at radius 1 is 1.69 bits per heavy atom. The smallest absolute Gasteiger partial charge is 0.257 e. The van der Waals surface area contributed by atoms with Crippen molar-refractivity contribution in [2.75, 3.05) is 13.2 Å². The summed E-state index contributed by atoms with van der Waals surface area (Å²) in [6, 6.07) is -0.0484. The van der Waals surface area contributed by atoms with Crippen LogP contribution >= 0.6 is 0 Å². The molecule has 0 spiro atoms. The minimum atomic E-state index is -0.0484. The standard InChI is InChI=1S/C11H17N3O2/c1-8-3-4-14(10(8)7-15)11(16)9-5-12-13(2)6-9/h5-6,8,10,15H,3-4,7H2,1-2H3. The molecule has 0 aliphatic carbocycles. The van der Waals surface area contributed by atoms with Gasteiger partial charge in [-0.25, -0.2) is 0 Å². The van der Waals surface area contributed by atoms with Crippen LogP contribution in [0.1, 0.15) is 23.7 Å². The van der Waals surface area contributed by atoms with Crippen LogP contribution < -0.4 is 0 Å². The molecule has 1 aromatic heterocycles. The van der Waals surface area contributed by atoms with E-state index in [-0.39, 0.29) is 18.6 Å². The van der Waals surface area contributed by atoms with Crippen LogP contribution in [0.4, 0.5) is 0 Å². The zero-order chi connectivity index (χ0) is 11.7. The van der Waals surface area contributed by atoms with Crippen molar-refractivity contribution in [1.82, 2.24) is 14.7 Å². The topological polar surface area (TPSA) is 58.4 Å². The van der Waals surface area contributed by atoms with Crippen molar-refractivity contribution >= 4 is 5.91 Å². The first-order valence-corrected chi connectivity index (χ1v) is 5.54. The molecular formula is C11H17N3O2. The molecule has 0 radical (unpaired) electrons. The number of aryl methyl sites for hydroxylation is 1. The van der Waals surface area contributed by atoms with Gasteiger partial charge in [-0.05, 0) is 12.3 Å². The van der Waals surface area contributed by atoms with Gasteiger partial charge in [-0.1, -0.05) is 6.92 Å². The molecule has 0 saturated carbocycles. The number of aromatic nitrogens is 2. The minimum Gasteiger partial charge on any atom is -0.394 e. The van der Waals surface area contributed by atoms with Crippen LogP contribution in [0.5, 0.6) is 0 Å². The summed E-state index contributed by atoms with van der Waals surface area (Å²) in [6.45, 7) is 2.82. The first-order chi connectivity index (χ1) is 7.63. The molecule has 1 N–H and O–H groups in total. The fourth-order valence-corrected chi connectivity index (χ4v) is 2.24. The largest absolute Gasteiger partial charge is 0.394 e. The summed E-state index contributed by atoms with van der Waals surface area (Å²) in [5.41, 5.74) is 0.593. The van der Waals surface area contributed by atoms with Crippen LogP contribution in [0.2, 0.25) is 0 Å². The Morgan fingerprint density at radius 3 is 3.00 bits per heavy atom. The van der Waals surface area contributed by atoms with E-state index in [2.05, 4.69) is 12.0 Å². The van der Waals surface area contributed by atoms with Crippen molar-refractivity contribution in [3.63, 3.8) is 0 Å². The van der Waals surface area contributed by atoms with E-state index in [1.165, 1.54) is 0 Å². The number of carbonyl (C=O) groups excluding carboxylic acids is 1. The van der Waals surface area contributed by atoms with Crippen molar-refractivity contribution in [2.24, 2.45) is 13.0 Å². The minimum absolute atomic E-state index is 0.0310. The lowest BCUT2D eigenvalue weighted by atomic mass is 10.0. The number of nitrogens with zero attached hydrogens (tertiary/aromatic N) is 3. The molecule has 2 unspecified atom stereocenters. The van der Waals surface area contributed by atoms with Crippen LogP contribution in [-0.2, 0) is 7.05 Å². The van der Waals surface area contributed by atoms with Crippen LogP contribution in [0, 0.1) is 5.92 Å². The van der Waals surface area contributed by atoms with E-state index >= 15 is 0 Å². The summed E-state index contributed by atoms with van der Waals surface area (Å²) in [5, 5.41) is 13.3. The van der Waals surface area contributed by atoms with Crippen molar-refractivity contribution in [2.45, 2.75) is 19.4 Å². The maximum Gasteiger partial charge on any atom is 0.257 e. The second kappa shape index (κ2) is 4.25. The lowest BCUT2D eigenvalue weighted by Gasteiger charge is -2.24. The highest BCUT2D eigenvalue weighted by Gasteiger charge is 2.34. The Balaban J connectivity index is 2.16. The third-order valence-corrected chi connectivity index (χ3v) is 3.28. The van der Waals surface area contributed by atoms with Gasteiger partial charge in [0.15, 0.2) is 0 Å². The Labute approximate surface area is 94.7 Å². The Bertz CT molecular complexity index is 388. The maximum atomic E-state index is 12.1. The molecule has 16 heavy (non-hydrogen) atoms. The van der Waals surface area contributed by atoms with E-state index in [4.69, 9.17) is 0 Å². The van der Waals surface area contributed by atoms with Gasteiger partial charge in [0, 0.05) is 19.8 Å². The summed E-state index contributed by atoms with van der Waals surface area (Å²) >= 11 is 0. The molecule has 2 atom stereocenters. The van der Waals surface area contributed by atoms with Crippen LogP contribution in [0.25, 0.3) is 0 Å². The summed E-state index contributed by atoms with van der Waals surface area (Å²) in [7, 11) is 1.78. The van der Waals surface area contributed by atoms with E-state index in [1.54, 1.807) is 29.0 Å². The number of rotatable bonds is 2. The highest BCUT2D eigenvalue weighted by atomic mass is 16.3. The van der Waals surface area contributed by atoms with Crippen molar-refractivity contribution in [3.05, 3.63) is 18.0 Å². The molecule has 1 aliphatic rings. The first kappa shape index (κ1) is 11.1. The molecule has 88 valence electrons. The van der Waals surface area contributed by atoms with E-state index in [1.807, 2.05) is 0 Å². The lowest BCUT2D eigenvalue weighted by molar-refractivity contribution is 0.0648. The average molecular weight is 223 g/mol. The molecule has 1 amide bonds. The zero-order valence-corrected chi connectivity index (χ0v) is 9.63. The number of carbonyl (C=O) groups is 1. The summed E-state index contributed by atoms with van der Waals surface area (Å²) < 4.78 is 1.61. The third-order valence-electron chi connectivity index (χ3n) is 3.28. The Morgan fingerprint density at radius 2 is 2.44 bits per heavy atom. The first-order valence-electron chi connectivity index (χ1n) is 5.54. The van der Waals surface area contributed by atoms with Gasteiger partial charge in [-0.3, -0.25) is 9.48 Å². The Hall–Kier alpha value is -1.36. The predicted molar refractivity (Wildman–Crippen MR) is 58.9 cm³/mol. The average Bonchev–Trinajstić information content (AvgIpc) is 2.83. The third kappa shape index (κ3) is 1.82. The van der Waals surface area contributed by atoms with Crippen molar-refractivity contribution in [1.29, 1.82) is 0 Å². The van der Waals surface area contributed by atoms with E-state index in [0.717, 1.165) is 13.0 Å². The quantitative estimate of drug-likeness (QED) is 0.782. The molecule has 5 heteroatoms. The normalized spacial score (nSPS) is 25.1. The molecule has 1 aromatic rings. The monoisotopic (exact) mass is 223 g/mol. The van der Waals surface area contributed by atoms with Crippen LogP contribution in [0.3, 0.4) is 0 Å². The number of amides is 1. The molecule has 2 rings (SSSR count). The summed E-state index contributed by atoms with van der Waals surface area (Å²) in [5.74, 6) is 0.335. The van der Waals surface area contributed by atoms with Gasteiger partial charge in [0.1, 0.15) is 0 Å². The highest BCUT2D eigenvalue weighted by Crippen LogP contribution is 2.25. The van der Waals surface area contributed by atoms with E-state index < -0.39 is 0 Å². The van der Waals surface area contributed by atoms with Gasteiger partial charge in [0.05, 0.1) is 24.4 Å². The van der Waals surface area contributed by atoms with Crippen LogP contribution in [-0.4, -0.2) is 44.9 Å². The second-order valence-corrected chi connectivity index (χ2v) is 4.42. The molecule has 2 heterocycles. The Kier molecular flexibility index (Phi) is 2.96. The molecule has 0 aromatic carbocycles. The molecule has 1 aliphatic heterocycles. The van der Waals surface area contributed by atoms with Gasteiger partial charge in [-0.15, -0.1) is 0 Å². The van der Waals surface area contributed by atoms with Gasteiger partial charge in [0.2, 0.25) is 0 Å². The molecule has 5 nitrogen and oxygen atoms in total. The SMILES string of the molecule is CC1CCN(C(=O)c2cnn(C)c2)C1CO. The number of aliphatic hydroxyl groups is 1. The number of likely N-dealkylation sites (tertiary alicyclic amines) is 1. The lowest BCUT2D eigenvalue weighted by Crippen LogP contribution is -2.39. The molecule has 1 fully saturated rings. The van der Waals surface area contributed by atoms with Crippen LogP contribution in [0.15, 0.2) is 12.4 Å². The molecule has 1 saturated heterocycles. The number of hydrogen-bond acceptors (Lipinski definition) is 3. The van der Waals surface area contributed by atoms with Gasteiger partial charge >= 0.3 is 0 Å². The number of hydrogen-bond donors (Lipinski definition) is 1. The van der Waals surface area contributed by atoms with E-state index in [0.29, 0.717) is 11.5 Å². The summed E-state index contributed by atoms with van der Waals surface area (Å²) in [4.78, 5) is 13.9. The number of aliphatic hydroxyl groups excluding tert-OH is 1. The fraction of sp³-hybridized carbons (Fsp3) is 0.636. The molecular weight excluding hydrogens is 206 g/mol. The van der Waals surface area contributed by atoms with Gasteiger partial charge in [-0.2, -0.15) is 5.10 Å². The van der Waals surface area contributed by atoms with E-state index in [9.17, 15) is 9.90 Å². The van der Waals surface area contributed by atoms with Crippen molar-refractivity contribution in [3.8, 4) is 0 Å². The molecule has 0 bridgehead atoms. The maximum absolute atomic E-state index is 12.1.